The van der Waals surface area contributed by atoms with Crippen LogP contribution in [0.1, 0.15) is 13.8 Å². The molecule has 1 heterocycles. The van der Waals surface area contributed by atoms with Crippen molar-refractivity contribution >= 4 is 11.9 Å². The minimum absolute atomic E-state index is 0.0394. The Labute approximate surface area is 64.2 Å². The first-order chi connectivity index (χ1) is 4.93. The minimum atomic E-state index is -0.823. The predicted molar refractivity (Wildman–Crippen MR) is 40.9 cm³/mol. The lowest BCUT2D eigenvalue weighted by Crippen LogP contribution is -2.51. The van der Waals surface area contributed by atoms with E-state index < -0.39 is 5.66 Å². The molecule has 11 heavy (non-hydrogen) atoms. The van der Waals surface area contributed by atoms with Crippen LogP contribution < -0.4 is 11.5 Å². The Bertz CT molecular complexity index is 231. The molecule has 5 N–H and O–H groups in total. The highest BCUT2D eigenvalue weighted by Gasteiger charge is 2.30. The number of guanidine groups is 2. The molecule has 0 unspecified atom stereocenters. The second kappa shape index (κ2) is 2.09. The van der Waals surface area contributed by atoms with E-state index in [1.54, 1.807) is 13.8 Å². The zero-order chi connectivity index (χ0) is 8.65. The Hall–Kier alpha value is -1.30. The van der Waals surface area contributed by atoms with Crippen molar-refractivity contribution in [2.24, 2.45) is 21.5 Å². The normalized spacial score (nSPS) is 22.6. The standard InChI is InChI=1S/C5H11N5O/c1-5(2)9-3(6)8-4(7)10(5)11/h11H,1-2H3,(H4,6,7,8,9). The van der Waals surface area contributed by atoms with Crippen LogP contribution in [0.5, 0.6) is 0 Å². The first-order valence-corrected chi connectivity index (χ1v) is 3.12. The van der Waals surface area contributed by atoms with Crippen LogP contribution in [0.3, 0.4) is 0 Å². The van der Waals surface area contributed by atoms with Crippen molar-refractivity contribution in [3.8, 4) is 0 Å². The Balaban J connectivity index is 3.01. The predicted octanol–water partition coefficient (Wildman–Crippen LogP) is -0.943. The van der Waals surface area contributed by atoms with Crippen molar-refractivity contribution in [1.82, 2.24) is 5.06 Å². The van der Waals surface area contributed by atoms with E-state index in [4.69, 9.17) is 11.5 Å². The van der Waals surface area contributed by atoms with Gasteiger partial charge in [0.2, 0.25) is 11.9 Å². The van der Waals surface area contributed by atoms with Gasteiger partial charge in [-0.05, 0) is 13.8 Å². The highest BCUT2D eigenvalue weighted by Crippen LogP contribution is 2.15. The summed E-state index contributed by atoms with van der Waals surface area (Å²) in [5, 5.41) is 10.0. The Kier molecular flexibility index (Phi) is 1.48. The molecular weight excluding hydrogens is 146 g/mol. The lowest BCUT2D eigenvalue weighted by atomic mass is 10.2. The second-order valence-electron chi connectivity index (χ2n) is 2.75. The van der Waals surface area contributed by atoms with Crippen LogP contribution in [0.2, 0.25) is 0 Å². The van der Waals surface area contributed by atoms with E-state index in [-0.39, 0.29) is 11.9 Å². The molecule has 1 aliphatic rings. The number of hydroxylamine groups is 2. The maximum absolute atomic E-state index is 9.24. The van der Waals surface area contributed by atoms with Crippen molar-refractivity contribution in [2.75, 3.05) is 0 Å². The Morgan fingerprint density at radius 3 is 2.45 bits per heavy atom. The molecule has 0 saturated carbocycles. The summed E-state index contributed by atoms with van der Waals surface area (Å²) in [5.41, 5.74) is 9.79. The zero-order valence-corrected chi connectivity index (χ0v) is 6.44. The van der Waals surface area contributed by atoms with E-state index in [1.807, 2.05) is 0 Å². The van der Waals surface area contributed by atoms with E-state index in [9.17, 15) is 5.21 Å². The number of nitrogens with zero attached hydrogens (tertiary/aromatic N) is 3. The van der Waals surface area contributed by atoms with Gasteiger partial charge in [-0.25, -0.2) is 4.99 Å². The molecule has 1 aliphatic heterocycles. The van der Waals surface area contributed by atoms with Crippen LogP contribution in [0.15, 0.2) is 9.98 Å². The highest BCUT2D eigenvalue weighted by atomic mass is 16.5. The molecule has 0 aliphatic carbocycles. The quantitative estimate of drug-likeness (QED) is 0.422. The van der Waals surface area contributed by atoms with Crippen LogP contribution in [0, 0.1) is 0 Å². The fourth-order valence-electron chi connectivity index (χ4n) is 0.798. The molecule has 6 heteroatoms. The maximum Gasteiger partial charge on any atom is 0.225 e. The monoisotopic (exact) mass is 157 g/mol. The fraction of sp³-hybridized carbons (Fsp3) is 0.600. The second-order valence-corrected chi connectivity index (χ2v) is 2.75. The van der Waals surface area contributed by atoms with E-state index >= 15 is 0 Å². The molecule has 0 aromatic rings. The van der Waals surface area contributed by atoms with Crippen molar-refractivity contribution in [3.63, 3.8) is 0 Å². The van der Waals surface area contributed by atoms with Gasteiger partial charge in [0.05, 0.1) is 0 Å². The summed E-state index contributed by atoms with van der Waals surface area (Å²) in [5.74, 6) is 0.0419. The summed E-state index contributed by atoms with van der Waals surface area (Å²) >= 11 is 0. The zero-order valence-electron chi connectivity index (χ0n) is 6.44. The summed E-state index contributed by atoms with van der Waals surface area (Å²) in [4.78, 5) is 7.41. The number of hydrogen-bond donors (Lipinski definition) is 3. The largest absolute Gasteiger partial charge is 0.368 e. The molecule has 0 radical (unpaired) electrons. The van der Waals surface area contributed by atoms with E-state index in [1.165, 1.54) is 0 Å². The van der Waals surface area contributed by atoms with Crippen molar-refractivity contribution in [1.29, 1.82) is 0 Å². The van der Waals surface area contributed by atoms with Crippen LogP contribution in [-0.4, -0.2) is 27.9 Å². The molecule has 1 rings (SSSR count). The first-order valence-electron chi connectivity index (χ1n) is 3.12. The van der Waals surface area contributed by atoms with E-state index in [0.29, 0.717) is 0 Å². The third-order valence-electron chi connectivity index (χ3n) is 1.35. The first kappa shape index (κ1) is 7.80. The van der Waals surface area contributed by atoms with Gasteiger partial charge in [-0.3, -0.25) is 5.21 Å². The summed E-state index contributed by atoms with van der Waals surface area (Å²) in [6.45, 7) is 3.34. The van der Waals surface area contributed by atoms with Gasteiger partial charge in [0.25, 0.3) is 0 Å². The lowest BCUT2D eigenvalue weighted by Gasteiger charge is -2.32. The van der Waals surface area contributed by atoms with Crippen LogP contribution in [0.4, 0.5) is 0 Å². The molecule has 0 aromatic carbocycles. The molecule has 0 atom stereocenters. The molecule has 6 nitrogen and oxygen atoms in total. The van der Waals surface area contributed by atoms with Gasteiger partial charge in [0.15, 0.2) is 5.66 Å². The summed E-state index contributed by atoms with van der Waals surface area (Å²) in [6.07, 6.45) is 0. The smallest absolute Gasteiger partial charge is 0.225 e. The number of aliphatic imine (C=N–C) groups is 2. The number of hydrogen-bond acceptors (Lipinski definition) is 6. The van der Waals surface area contributed by atoms with Gasteiger partial charge in [0, 0.05) is 0 Å². The van der Waals surface area contributed by atoms with Gasteiger partial charge >= 0.3 is 0 Å². The molecule has 0 amide bonds. The van der Waals surface area contributed by atoms with Gasteiger partial charge in [0.1, 0.15) is 0 Å². The van der Waals surface area contributed by atoms with Gasteiger partial charge in [-0.15, -0.1) is 0 Å². The molecule has 0 aromatic heterocycles. The summed E-state index contributed by atoms with van der Waals surface area (Å²) in [7, 11) is 0. The Morgan fingerprint density at radius 2 is 2.00 bits per heavy atom. The summed E-state index contributed by atoms with van der Waals surface area (Å²) in [6, 6.07) is 0. The van der Waals surface area contributed by atoms with Crippen LogP contribution >= 0.6 is 0 Å². The topological polar surface area (TPSA) is 100 Å². The van der Waals surface area contributed by atoms with Gasteiger partial charge < -0.3 is 11.5 Å². The fourth-order valence-corrected chi connectivity index (χ4v) is 0.798. The van der Waals surface area contributed by atoms with Crippen LogP contribution in [0.25, 0.3) is 0 Å². The minimum Gasteiger partial charge on any atom is -0.368 e. The highest BCUT2D eigenvalue weighted by molar-refractivity contribution is 5.95. The van der Waals surface area contributed by atoms with Crippen LogP contribution in [-0.2, 0) is 0 Å². The number of nitrogens with two attached hydrogens (primary N) is 2. The van der Waals surface area contributed by atoms with Gasteiger partial charge in [-0.1, -0.05) is 0 Å². The molecule has 62 valence electrons. The van der Waals surface area contributed by atoms with Crippen molar-refractivity contribution in [2.45, 2.75) is 19.5 Å². The average molecular weight is 157 g/mol. The number of rotatable bonds is 0. The van der Waals surface area contributed by atoms with Crippen molar-refractivity contribution in [3.05, 3.63) is 0 Å². The van der Waals surface area contributed by atoms with Crippen molar-refractivity contribution < 1.29 is 5.21 Å². The summed E-state index contributed by atoms with van der Waals surface area (Å²) < 4.78 is 0. The maximum atomic E-state index is 9.24. The SMILES string of the molecule is CC1(C)N=C(N)N=C(N)N1O. The third kappa shape index (κ3) is 1.25. The molecule has 0 spiro atoms. The Morgan fingerprint density at radius 1 is 1.45 bits per heavy atom. The molecule has 0 saturated heterocycles. The molecular formula is C5H11N5O. The molecule has 0 bridgehead atoms. The van der Waals surface area contributed by atoms with Gasteiger partial charge in [-0.2, -0.15) is 10.1 Å². The lowest BCUT2D eigenvalue weighted by molar-refractivity contribution is -0.0919. The van der Waals surface area contributed by atoms with E-state index in [0.717, 1.165) is 5.06 Å². The average Bonchev–Trinajstić information content (AvgIpc) is 1.81. The third-order valence-corrected chi connectivity index (χ3v) is 1.35. The van der Waals surface area contributed by atoms with E-state index in [2.05, 4.69) is 9.98 Å². The molecule has 0 fully saturated rings.